The Balaban J connectivity index is 2.65. The molecule has 6 heteroatoms. The molecule has 2 amide bonds. The SMILES string of the molecule is CCCC[C@H](NC(=O)Nc1ccccc1COC)C(=O)O. The zero-order chi connectivity index (χ0) is 15.7. The molecule has 0 fully saturated rings. The molecule has 0 aromatic heterocycles. The summed E-state index contributed by atoms with van der Waals surface area (Å²) in [5.41, 5.74) is 1.44. The lowest BCUT2D eigenvalue weighted by Gasteiger charge is -2.16. The van der Waals surface area contributed by atoms with Gasteiger partial charge in [0.05, 0.1) is 6.61 Å². The van der Waals surface area contributed by atoms with Gasteiger partial charge in [-0.25, -0.2) is 9.59 Å². The Labute approximate surface area is 124 Å². The van der Waals surface area contributed by atoms with Crippen molar-refractivity contribution in [2.45, 2.75) is 38.8 Å². The van der Waals surface area contributed by atoms with Crippen LogP contribution in [-0.2, 0) is 16.1 Å². The number of benzene rings is 1. The van der Waals surface area contributed by atoms with E-state index in [0.29, 0.717) is 18.7 Å². The minimum absolute atomic E-state index is 0.370. The van der Waals surface area contributed by atoms with E-state index in [9.17, 15) is 9.59 Å². The van der Waals surface area contributed by atoms with Crippen LogP contribution in [0.15, 0.2) is 24.3 Å². The smallest absolute Gasteiger partial charge is 0.326 e. The number of hydrogen-bond acceptors (Lipinski definition) is 3. The van der Waals surface area contributed by atoms with E-state index in [1.807, 2.05) is 19.1 Å². The van der Waals surface area contributed by atoms with E-state index in [-0.39, 0.29) is 0 Å². The highest BCUT2D eigenvalue weighted by Gasteiger charge is 2.19. The van der Waals surface area contributed by atoms with Crippen LogP contribution < -0.4 is 10.6 Å². The summed E-state index contributed by atoms with van der Waals surface area (Å²) in [5.74, 6) is -1.02. The van der Waals surface area contributed by atoms with Crippen molar-refractivity contribution in [3.63, 3.8) is 0 Å². The number of carboxylic acids is 1. The van der Waals surface area contributed by atoms with Crippen LogP contribution in [0.5, 0.6) is 0 Å². The minimum Gasteiger partial charge on any atom is -0.480 e. The van der Waals surface area contributed by atoms with Gasteiger partial charge in [0, 0.05) is 18.4 Å². The number of nitrogens with one attached hydrogen (secondary N) is 2. The van der Waals surface area contributed by atoms with Crippen molar-refractivity contribution in [1.29, 1.82) is 0 Å². The number of methoxy groups -OCH3 is 1. The number of carbonyl (C=O) groups is 2. The molecule has 0 saturated heterocycles. The van der Waals surface area contributed by atoms with E-state index >= 15 is 0 Å². The first-order valence-corrected chi connectivity index (χ1v) is 6.95. The number of carbonyl (C=O) groups excluding carboxylic acids is 1. The predicted molar refractivity (Wildman–Crippen MR) is 80.3 cm³/mol. The van der Waals surface area contributed by atoms with Crippen LogP contribution in [0.3, 0.4) is 0 Å². The van der Waals surface area contributed by atoms with Crippen LogP contribution >= 0.6 is 0 Å². The van der Waals surface area contributed by atoms with E-state index in [1.54, 1.807) is 19.2 Å². The van der Waals surface area contributed by atoms with E-state index in [2.05, 4.69) is 10.6 Å². The highest BCUT2D eigenvalue weighted by Crippen LogP contribution is 2.15. The number of hydrogen-bond donors (Lipinski definition) is 3. The Morgan fingerprint density at radius 3 is 2.67 bits per heavy atom. The largest absolute Gasteiger partial charge is 0.480 e. The lowest BCUT2D eigenvalue weighted by molar-refractivity contribution is -0.139. The molecular formula is C15H22N2O4. The summed E-state index contributed by atoms with van der Waals surface area (Å²) >= 11 is 0. The van der Waals surface area contributed by atoms with Crippen LogP contribution in [0.25, 0.3) is 0 Å². The Morgan fingerprint density at radius 1 is 1.33 bits per heavy atom. The fourth-order valence-corrected chi connectivity index (χ4v) is 1.91. The number of amides is 2. The molecule has 1 atom stereocenters. The van der Waals surface area contributed by atoms with Gasteiger partial charge >= 0.3 is 12.0 Å². The molecule has 0 unspecified atom stereocenters. The molecule has 0 aliphatic heterocycles. The van der Waals surface area contributed by atoms with Crippen LogP contribution in [0.2, 0.25) is 0 Å². The number of para-hydroxylation sites is 1. The molecule has 0 heterocycles. The normalized spacial score (nSPS) is 11.7. The van der Waals surface area contributed by atoms with Crippen molar-refractivity contribution < 1.29 is 19.4 Å². The third-order valence-corrected chi connectivity index (χ3v) is 3.02. The highest BCUT2D eigenvalue weighted by atomic mass is 16.5. The lowest BCUT2D eigenvalue weighted by atomic mass is 10.1. The number of ether oxygens (including phenoxy) is 1. The van der Waals surface area contributed by atoms with E-state index in [4.69, 9.17) is 9.84 Å². The van der Waals surface area contributed by atoms with Crippen molar-refractivity contribution in [3.8, 4) is 0 Å². The van der Waals surface area contributed by atoms with Crippen LogP contribution in [-0.4, -0.2) is 30.3 Å². The van der Waals surface area contributed by atoms with Crippen molar-refractivity contribution in [2.24, 2.45) is 0 Å². The third-order valence-electron chi connectivity index (χ3n) is 3.02. The highest BCUT2D eigenvalue weighted by molar-refractivity contribution is 5.92. The van der Waals surface area contributed by atoms with Crippen LogP contribution in [0, 0.1) is 0 Å². The average Bonchev–Trinajstić information content (AvgIpc) is 2.45. The molecule has 0 aliphatic rings. The van der Waals surface area contributed by atoms with Gasteiger partial charge in [-0.1, -0.05) is 38.0 Å². The number of unbranched alkanes of at least 4 members (excludes halogenated alkanes) is 1. The fourth-order valence-electron chi connectivity index (χ4n) is 1.91. The first-order chi connectivity index (χ1) is 10.1. The van der Waals surface area contributed by atoms with Crippen molar-refractivity contribution in [3.05, 3.63) is 29.8 Å². The summed E-state index contributed by atoms with van der Waals surface area (Å²) in [6.45, 7) is 2.34. The molecule has 21 heavy (non-hydrogen) atoms. The molecule has 0 aliphatic carbocycles. The van der Waals surface area contributed by atoms with Crippen LogP contribution in [0.1, 0.15) is 31.7 Å². The predicted octanol–water partition coefficient (Wildman–Crippen LogP) is 2.60. The zero-order valence-electron chi connectivity index (χ0n) is 12.4. The van der Waals surface area contributed by atoms with Gasteiger partial charge in [0.1, 0.15) is 6.04 Å². The Kier molecular flexibility index (Phi) is 7.25. The minimum atomic E-state index is -1.02. The number of rotatable bonds is 8. The molecule has 116 valence electrons. The van der Waals surface area contributed by atoms with Crippen molar-refractivity contribution in [1.82, 2.24) is 5.32 Å². The lowest BCUT2D eigenvalue weighted by Crippen LogP contribution is -2.43. The Morgan fingerprint density at radius 2 is 2.05 bits per heavy atom. The van der Waals surface area contributed by atoms with Crippen molar-refractivity contribution in [2.75, 3.05) is 12.4 Å². The standard InChI is InChI=1S/C15H22N2O4/c1-3-4-8-13(14(18)19)17-15(20)16-12-9-6-5-7-11(12)10-21-2/h5-7,9,13H,3-4,8,10H2,1-2H3,(H,18,19)(H2,16,17,20)/t13-/m0/s1. The molecule has 0 saturated carbocycles. The fraction of sp³-hybridized carbons (Fsp3) is 0.467. The number of aliphatic carboxylic acids is 1. The second kappa shape index (κ2) is 8.97. The molecular weight excluding hydrogens is 272 g/mol. The zero-order valence-corrected chi connectivity index (χ0v) is 12.4. The first kappa shape index (κ1) is 17.0. The van der Waals surface area contributed by atoms with Gasteiger partial charge in [-0.05, 0) is 12.5 Å². The summed E-state index contributed by atoms with van der Waals surface area (Å²) < 4.78 is 5.06. The maximum atomic E-state index is 11.9. The molecule has 3 N–H and O–H groups in total. The molecule has 0 spiro atoms. The number of anilines is 1. The van der Waals surface area contributed by atoms with Crippen LogP contribution in [0.4, 0.5) is 10.5 Å². The maximum absolute atomic E-state index is 11.9. The molecule has 0 bridgehead atoms. The Bertz CT molecular complexity index is 476. The molecule has 1 aromatic carbocycles. The van der Waals surface area contributed by atoms with E-state index in [1.165, 1.54) is 0 Å². The third kappa shape index (κ3) is 5.83. The van der Waals surface area contributed by atoms with Gasteiger partial charge in [0.15, 0.2) is 0 Å². The number of carboxylic acid groups (broad SMARTS) is 1. The summed E-state index contributed by atoms with van der Waals surface area (Å²) in [6.07, 6.45) is 2.04. The first-order valence-electron chi connectivity index (χ1n) is 6.95. The molecule has 1 aromatic rings. The Hall–Kier alpha value is -2.08. The quantitative estimate of drug-likeness (QED) is 0.687. The van der Waals surface area contributed by atoms with Crippen molar-refractivity contribution >= 4 is 17.7 Å². The molecule has 0 radical (unpaired) electrons. The van der Waals surface area contributed by atoms with Gasteiger partial charge in [-0.3, -0.25) is 0 Å². The van der Waals surface area contributed by atoms with E-state index < -0.39 is 18.0 Å². The van der Waals surface area contributed by atoms with E-state index in [0.717, 1.165) is 18.4 Å². The molecule has 6 nitrogen and oxygen atoms in total. The van der Waals surface area contributed by atoms with Gasteiger partial charge in [-0.15, -0.1) is 0 Å². The van der Waals surface area contributed by atoms with Gasteiger partial charge in [0.2, 0.25) is 0 Å². The summed E-state index contributed by atoms with van der Waals surface area (Å²) in [4.78, 5) is 23.0. The van der Waals surface area contributed by atoms with Gasteiger partial charge < -0.3 is 20.5 Å². The second-order valence-electron chi connectivity index (χ2n) is 4.72. The van der Waals surface area contributed by atoms with Gasteiger partial charge in [0.25, 0.3) is 0 Å². The maximum Gasteiger partial charge on any atom is 0.326 e. The second-order valence-corrected chi connectivity index (χ2v) is 4.72. The topological polar surface area (TPSA) is 87.7 Å². The summed E-state index contributed by atoms with van der Waals surface area (Å²) in [6, 6.07) is 5.82. The summed E-state index contributed by atoms with van der Waals surface area (Å²) in [5, 5.41) is 14.2. The summed E-state index contributed by atoms with van der Waals surface area (Å²) in [7, 11) is 1.57. The monoisotopic (exact) mass is 294 g/mol. The number of urea groups is 1. The average molecular weight is 294 g/mol. The van der Waals surface area contributed by atoms with Gasteiger partial charge in [-0.2, -0.15) is 0 Å². The molecule has 1 rings (SSSR count).